The van der Waals surface area contributed by atoms with Crippen LogP contribution in [0.4, 0.5) is 0 Å². The zero-order chi connectivity index (χ0) is 15.9. The fourth-order valence-electron chi connectivity index (χ4n) is 2.91. The van der Waals surface area contributed by atoms with Gasteiger partial charge in [0.1, 0.15) is 0 Å². The lowest BCUT2D eigenvalue weighted by Gasteiger charge is -2.17. The second-order valence-corrected chi connectivity index (χ2v) is 6.29. The van der Waals surface area contributed by atoms with E-state index in [1.807, 2.05) is 26.8 Å². The normalized spacial score (nSPS) is 18.6. The van der Waals surface area contributed by atoms with Crippen molar-refractivity contribution in [3.05, 3.63) is 23.0 Å². The molecule has 0 bridgehead atoms. The number of amides is 1. The van der Waals surface area contributed by atoms with Gasteiger partial charge in [-0.05, 0) is 25.3 Å². The maximum atomic E-state index is 12.9. The van der Waals surface area contributed by atoms with Crippen molar-refractivity contribution in [3.63, 3.8) is 0 Å². The Morgan fingerprint density at radius 1 is 1.55 bits per heavy atom. The molecule has 3 rings (SSSR count). The molecule has 1 unspecified atom stereocenters. The molecule has 118 valence electrons. The number of aromatic nitrogens is 2. The molecule has 3 heterocycles. The van der Waals surface area contributed by atoms with Crippen LogP contribution >= 0.6 is 0 Å². The maximum Gasteiger partial charge on any atom is 0.259 e. The van der Waals surface area contributed by atoms with Crippen molar-refractivity contribution < 1.29 is 14.4 Å². The maximum absolute atomic E-state index is 12.9. The molecule has 2 aromatic rings. The summed E-state index contributed by atoms with van der Waals surface area (Å²) < 4.78 is 5.26. The summed E-state index contributed by atoms with van der Waals surface area (Å²) in [6.45, 7) is 7.28. The molecular formula is C16H21N3O3. The average molecular weight is 303 g/mol. The Morgan fingerprint density at radius 3 is 2.95 bits per heavy atom. The SMILES string of the molecule is Cc1noc2nc(C(C)C)cc(C(=O)N3CCC(CO)C3)c12. The van der Waals surface area contributed by atoms with Gasteiger partial charge < -0.3 is 14.5 Å². The summed E-state index contributed by atoms with van der Waals surface area (Å²) >= 11 is 0. The van der Waals surface area contributed by atoms with Gasteiger partial charge in [-0.2, -0.15) is 0 Å². The summed E-state index contributed by atoms with van der Waals surface area (Å²) in [7, 11) is 0. The minimum atomic E-state index is -0.0310. The second kappa shape index (κ2) is 5.68. The minimum absolute atomic E-state index is 0.0310. The summed E-state index contributed by atoms with van der Waals surface area (Å²) in [5.74, 6) is 0.344. The first-order valence-electron chi connectivity index (χ1n) is 7.68. The van der Waals surface area contributed by atoms with Gasteiger partial charge in [0.05, 0.1) is 16.6 Å². The topological polar surface area (TPSA) is 79.5 Å². The molecule has 22 heavy (non-hydrogen) atoms. The number of carbonyl (C=O) groups excluding carboxylic acids is 1. The molecule has 2 aromatic heterocycles. The van der Waals surface area contributed by atoms with Gasteiger partial charge in [-0.15, -0.1) is 0 Å². The molecule has 0 radical (unpaired) electrons. The quantitative estimate of drug-likeness (QED) is 0.939. The summed E-state index contributed by atoms with van der Waals surface area (Å²) in [4.78, 5) is 19.1. The summed E-state index contributed by atoms with van der Waals surface area (Å²) in [6, 6.07) is 1.85. The van der Waals surface area contributed by atoms with Gasteiger partial charge in [0, 0.05) is 31.3 Å². The van der Waals surface area contributed by atoms with Crippen molar-refractivity contribution in [1.82, 2.24) is 15.0 Å². The molecular weight excluding hydrogens is 282 g/mol. The number of nitrogens with zero attached hydrogens (tertiary/aromatic N) is 3. The van der Waals surface area contributed by atoms with Gasteiger partial charge in [0.25, 0.3) is 11.6 Å². The number of fused-ring (bicyclic) bond motifs is 1. The largest absolute Gasteiger partial charge is 0.396 e. The van der Waals surface area contributed by atoms with Crippen LogP contribution in [0.25, 0.3) is 11.1 Å². The molecule has 1 aliphatic heterocycles. The van der Waals surface area contributed by atoms with Crippen LogP contribution in [0.2, 0.25) is 0 Å². The number of hydrogen-bond donors (Lipinski definition) is 1. The van der Waals surface area contributed by atoms with Gasteiger partial charge >= 0.3 is 0 Å². The second-order valence-electron chi connectivity index (χ2n) is 6.29. The van der Waals surface area contributed by atoms with Crippen LogP contribution in [0.3, 0.4) is 0 Å². The van der Waals surface area contributed by atoms with E-state index in [1.165, 1.54) is 0 Å². The van der Waals surface area contributed by atoms with E-state index in [4.69, 9.17) is 4.52 Å². The molecule has 1 atom stereocenters. The van der Waals surface area contributed by atoms with Crippen molar-refractivity contribution in [2.24, 2.45) is 5.92 Å². The van der Waals surface area contributed by atoms with Gasteiger partial charge in [-0.1, -0.05) is 19.0 Å². The molecule has 6 heteroatoms. The van der Waals surface area contributed by atoms with Crippen LogP contribution in [-0.2, 0) is 0 Å². The Hall–Kier alpha value is -1.95. The van der Waals surface area contributed by atoms with Gasteiger partial charge in [-0.25, -0.2) is 4.98 Å². The van der Waals surface area contributed by atoms with Crippen molar-refractivity contribution in [2.45, 2.75) is 33.1 Å². The Balaban J connectivity index is 2.05. The van der Waals surface area contributed by atoms with E-state index in [0.717, 1.165) is 12.1 Å². The zero-order valence-electron chi connectivity index (χ0n) is 13.2. The van der Waals surface area contributed by atoms with E-state index in [2.05, 4.69) is 10.1 Å². The van der Waals surface area contributed by atoms with E-state index in [-0.39, 0.29) is 24.3 Å². The minimum Gasteiger partial charge on any atom is -0.396 e. The zero-order valence-corrected chi connectivity index (χ0v) is 13.2. The number of hydrogen-bond acceptors (Lipinski definition) is 5. The van der Waals surface area contributed by atoms with Crippen LogP contribution in [0.1, 0.15) is 47.9 Å². The van der Waals surface area contributed by atoms with E-state index in [9.17, 15) is 9.90 Å². The third-order valence-electron chi connectivity index (χ3n) is 4.29. The number of likely N-dealkylation sites (tertiary alicyclic amines) is 1. The number of aliphatic hydroxyl groups is 1. The Morgan fingerprint density at radius 2 is 2.32 bits per heavy atom. The van der Waals surface area contributed by atoms with Gasteiger partial charge in [0.2, 0.25) is 0 Å². The van der Waals surface area contributed by atoms with Crippen LogP contribution in [0.5, 0.6) is 0 Å². The van der Waals surface area contributed by atoms with Gasteiger partial charge in [-0.3, -0.25) is 4.79 Å². The Bertz CT molecular complexity index is 708. The number of rotatable bonds is 3. The number of carbonyl (C=O) groups is 1. The molecule has 0 spiro atoms. The fraction of sp³-hybridized carbons (Fsp3) is 0.562. The number of aliphatic hydroxyl groups excluding tert-OH is 1. The highest BCUT2D eigenvalue weighted by molar-refractivity contribution is 6.06. The smallest absolute Gasteiger partial charge is 0.259 e. The summed E-state index contributed by atoms with van der Waals surface area (Å²) in [6.07, 6.45) is 0.843. The first kappa shape index (κ1) is 15.0. The van der Waals surface area contributed by atoms with E-state index in [0.29, 0.717) is 35.4 Å². The summed E-state index contributed by atoms with van der Waals surface area (Å²) in [5.41, 5.74) is 2.53. The van der Waals surface area contributed by atoms with Crippen LogP contribution in [0.15, 0.2) is 10.6 Å². The highest BCUT2D eigenvalue weighted by Crippen LogP contribution is 2.27. The first-order chi connectivity index (χ1) is 10.5. The lowest BCUT2D eigenvalue weighted by Crippen LogP contribution is -2.29. The number of aryl methyl sites for hydroxylation is 1. The molecule has 0 saturated carbocycles. The molecule has 1 aliphatic rings. The molecule has 0 aromatic carbocycles. The van der Waals surface area contributed by atoms with Gasteiger partial charge in [0.15, 0.2) is 0 Å². The average Bonchev–Trinajstić information content (AvgIpc) is 3.12. The Kier molecular flexibility index (Phi) is 3.87. The predicted molar refractivity (Wildman–Crippen MR) is 81.7 cm³/mol. The first-order valence-corrected chi connectivity index (χ1v) is 7.68. The van der Waals surface area contributed by atoms with Crippen LogP contribution in [0, 0.1) is 12.8 Å². The fourth-order valence-corrected chi connectivity index (χ4v) is 2.91. The third kappa shape index (κ3) is 2.47. The van der Waals surface area contributed by atoms with Crippen LogP contribution in [-0.4, -0.2) is 45.8 Å². The van der Waals surface area contributed by atoms with E-state index in [1.54, 1.807) is 4.90 Å². The molecule has 6 nitrogen and oxygen atoms in total. The molecule has 1 amide bonds. The lowest BCUT2D eigenvalue weighted by molar-refractivity contribution is 0.0783. The lowest BCUT2D eigenvalue weighted by atomic mass is 10.0. The van der Waals surface area contributed by atoms with Crippen molar-refractivity contribution in [1.29, 1.82) is 0 Å². The van der Waals surface area contributed by atoms with Crippen molar-refractivity contribution in [2.75, 3.05) is 19.7 Å². The Labute approximate surface area is 129 Å². The van der Waals surface area contributed by atoms with Crippen LogP contribution < -0.4 is 0 Å². The highest BCUT2D eigenvalue weighted by Gasteiger charge is 2.29. The predicted octanol–water partition coefficient (Wildman–Crippen LogP) is 2.11. The van der Waals surface area contributed by atoms with E-state index < -0.39 is 0 Å². The third-order valence-corrected chi connectivity index (χ3v) is 4.29. The standard InChI is InChI=1S/C16H21N3O3/c1-9(2)13-6-12(14-10(3)18-22-15(14)17-13)16(21)19-5-4-11(7-19)8-20/h6,9,11,20H,4-5,7-8H2,1-3H3. The molecule has 1 fully saturated rings. The number of pyridine rings is 1. The van der Waals surface area contributed by atoms with Crippen molar-refractivity contribution in [3.8, 4) is 0 Å². The molecule has 1 N–H and O–H groups in total. The monoisotopic (exact) mass is 303 g/mol. The highest BCUT2D eigenvalue weighted by atomic mass is 16.5. The summed E-state index contributed by atoms with van der Waals surface area (Å²) in [5, 5.41) is 13.9. The van der Waals surface area contributed by atoms with Crippen molar-refractivity contribution >= 4 is 17.0 Å². The van der Waals surface area contributed by atoms with E-state index >= 15 is 0 Å². The molecule has 1 saturated heterocycles. The molecule has 0 aliphatic carbocycles.